The van der Waals surface area contributed by atoms with E-state index in [1.165, 1.54) is 12.1 Å². The van der Waals surface area contributed by atoms with Gasteiger partial charge in [0, 0.05) is 24.6 Å². The van der Waals surface area contributed by atoms with Gasteiger partial charge in [0.25, 0.3) is 5.91 Å². The SMILES string of the molecule is O=C(NCc1ccc(O)cc1)OCC1=C(C(=O)O)N2C(=O)[C@@H]3[C@H]2C1CCN3C(=O)O. The molecule has 0 bridgehead atoms. The lowest BCUT2D eigenvalue weighted by atomic mass is 9.78. The number of carboxylic acids is 1. The number of ether oxygens (including phenoxy) is 1. The number of nitrogens with one attached hydrogen (secondary N) is 1. The van der Waals surface area contributed by atoms with Gasteiger partial charge in [0.05, 0.1) is 6.04 Å². The number of carbonyl (C=O) groups excluding carboxylic acids is 2. The number of carboxylic acid groups (broad SMARTS) is 2. The lowest BCUT2D eigenvalue weighted by molar-refractivity contribution is -0.161. The summed E-state index contributed by atoms with van der Waals surface area (Å²) in [5.74, 6) is -2.17. The van der Waals surface area contributed by atoms with E-state index in [1.54, 1.807) is 12.1 Å². The quantitative estimate of drug-likeness (QED) is 0.506. The molecule has 3 heterocycles. The lowest BCUT2D eigenvalue weighted by Gasteiger charge is -2.52. The second-order valence-corrected chi connectivity index (χ2v) is 7.29. The van der Waals surface area contributed by atoms with Crippen LogP contribution >= 0.6 is 0 Å². The van der Waals surface area contributed by atoms with Crippen molar-refractivity contribution in [2.45, 2.75) is 25.0 Å². The number of phenols is 1. The van der Waals surface area contributed by atoms with Crippen LogP contribution in [-0.2, 0) is 20.9 Å². The number of hydrogen-bond acceptors (Lipinski definition) is 6. The van der Waals surface area contributed by atoms with Gasteiger partial charge in [0.1, 0.15) is 24.1 Å². The molecule has 3 atom stereocenters. The monoisotopic (exact) mass is 417 g/mol. The number of piperidine rings is 1. The van der Waals surface area contributed by atoms with Gasteiger partial charge in [0.15, 0.2) is 0 Å². The molecule has 11 nitrogen and oxygen atoms in total. The van der Waals surface area contributed by atoms with E-state index in [4.69, 9.17) is 4.74 Å². The zero-order valence-electron chi connectivity index (χ0n) is 15.6. The van der Waals surface area contributed by atoms with E-state index < -0.39 is 36.1 Å². The number of carbonyl (C=O) groups is 4. The van der Waals surface area contributed by atoms with E-state index in [0.29, 0.717) is 12.0 Å². The first kappa shape index (κ1) is 19.6. The van der Waals surface area contributed by atoms with Crippen molar-refractivity contribution < 1.29 is 39.2 Å². The Morgan fingerprint density at radius 1 is 1.17 bits per heavy atom. The molecule has 2 fully saturated rings. The van der Waals surface area contributed by atoms with Crippen molar-refractivity contribution >= 4 is 24.1 Å². The predicted octanol–water partition coefficient (Wildman–Crippen LogP) is 0.550. The van der Waals surface area contributed by atoms with Gasteiger partial charge in [-0.15, -0.1) is 0 Å². The average molecular weight is 417 g/mol. The molecule has 30 heavy (non-hydrogen) atoms. The summed E-state index contributed by atoms with van der Waals surface area (Å²) in [6, 6.07) is 4.73. The Labute approximate surface area is 170 Å². The third-order valence-corrected chi connectivity index (χ3v) is 5.71. The van der Waals surface area contributed by atoms with Gasteiger partial charge in [-0.1, -0.05) is 12.1 Å². The summed E-state index contributed by atoms with van der Waals surface area (Å²) < 4.78 is 5.19. The van der Waals surface area contributed by atoms with Gasteiger partial charge < -0.3 is 25.4 Å². The molecule has 4 N–H and O–H groups in total. The Balaban J connectivity index is 1.44. The van der Waals surface area contributed by atoms with Crippen LogP contribution < -0.4 is 5.32 Å². The molecular weight excluding hydrogens is 398 g/mol. The van der Waals surface area contributed by atoms with Crippen LogP contribution in [0.2, 0.25) is 0 Å². The van der Waals surface area contributed by atoms with Crippen molar-refractivity contribution in [1.82, 2.24) is 15.1 Å². The van der Waals surface area contributed by atoms with Gasteiger partial charge in [-0.3, -0.25) is 14.6 Å². The number of aromatic hydroxyl groups is 1. The number of aliphatic carboxylic acids is 1. The molecule has 1 aromatic carbocycles. The number of β-lactam (4-membered cyclic amide) rings is 1. The minimum Gasteiger partial charge on any atom is -0.508 e. The van der Waals surface area contributed by atoms with E-state index in [9.17, 15) is 34.5 Å². The second-order valence-electron chi connectivity index (χ2n) is 7.29. The van der Waals surface area contributed by atoms with E-state index in [0.717, 1.165) is 15.4 Å². The summed E-state index contributed by atoms with van der Waals surface area (Å²) in [7, 11) is 0. The Morgan fingerprint density at radius 2 is 1.87 bits per heavy atom. The number of rotatable bonds is 5. The zero-order valence-corrected chi connectivity index (χ0v) is 15.6. The van der Waals surface area contributed by atoms with Gasteiger partial charge in [0.2, 0.25) is 0 Å². The molecule has 2 saturated heterocycles. The van der Waals surface area contributed by atoms with E-state index >= 15 is 0 Å². The molecule has 3 aliphatic rings. The van der Waals surface area contributed by atoms with Gasteiger partial charge in [-0.05, 0) is 24.1 Å². The smallest absolute Gasteiger partial charge is 0.408 e. The van der Waals surface area contributed by atoms with Crippen LogP contribution in [0.3, 0.4) is 0 Å². The number of hydrogen-bond donors (Lipinski definition) is 4. The van der Waals surface area contributed by atoms with Gasteiger partial charge in [-0.25, -0.2) is 14.4 Å². The summed E-state index contributed by atoms with van der Waals surface area (Å²) >= 11 is 0. The van der Waals surface area contributed by atoms with Crippen molar-refractivity contribution in [3.63, 3.8) is 0 Å². The van der Waals surface area contributed by atoms with Crippen LogP contribution in [0, 0.1) is 5.92 Å². The van der Waals surface area contributed by atoms with Crippen molar-refractivity contribution in [2.24, 2.45) is 5.92 Å². The van der Waals surface area contributed by atoms with Crippen molar-refractivity contribution in [3.8, 4) is 5.75 Å². The molecule has 4 rings (SSSR count). The van der Waals surface area contributed by atoms with Gasteiger partial charge >= 0.3 is 18.2 Å². The molecule has 0 aromatic heterocycles. The number of benzene rings is 1. The molecule has 0 spiro atoms. The van der Waals surface area contributed by atoms with E-state index in [2.05, 4.69) is 5.32 Å². The molecule has 1 aromatic rings. The average Bonchev–Trinajstić information content (AvgIpc) is 3.03. The molecule has 158 valence electrons. The maximum atomic E-state index is 12.4. The predicted molar refractivity (Wildman–Crippen MR) is 98.2 cm³/mol. The Hall–Kier alpha value is -3.76. The Morgan fingerprint density at radius 3 is 2.50 bits per heavy atom. The van der Waals surface area contributed by atoms with Crippen molar-refractivity contribution in [2.75, 3.05) is 13.2 Å². The summed E-state index contributed by atoms with van der Waals surface area (Å²) in [5, 5.41) is 30.7. The highest BCUT2D eigenvalue weighted by Crippen LogP contribution is 2.48. The number of alkyl carbamates (subject to hydrolysis) is 1. The van der Waals surface area contributed by atoms with Crippen LogP contribution in [0.5, 0.6) is 5.75 Å². The Kier molecular flexibility index (Phi) is 4.72. The van der Waals surface area contributed by atoms with Crippen LogP contribution in [0.15, 0.2) is 35.5 Å². The second kappa shape index (κ2) is 7.25. The molecular formula is C19H19N3O8. The zero-order chi connectivity index (χ0) is 21.6. The first-order valence-electron chi connectivity index (χ1n) is 9.27. The van der Waals surface area contributed by atoms with Crippen LogP contribution in [0.4, 0.5) is 9.59 Å². The highest BCUT2D eigenvalue weighted by Gasteiger charge is 2.64. The molecule has 0 saturated carbocycles. The number of nitrogens with zero attached hydrogens (tertiary/aromatic N) is 2. The van der Waals surface area contributed by atoms with Crippen molar-refractivity contribution in [1.29, 1.82) is 0 Å². The highest BCUT2D eigenvalue weighted by molar-refractivity contribution is 6.02. The molecule has 0 aliphatic carbocycles. The fourth-order valence-corrected chi connectivity index (χ4v) is 4.38. The maximum absolute atomic E-state index is 12.4. The van der Waals surface area contributed by atoms with Gasteiger partial charge in [-0.2, -0.15) is 0 Å². The molecule has 1 unspecified atom stereocenters. The number of likely N-dealkylation sites (tertiary alicyclic amines) is 1. The standard InChI is InChI=1S/C19H19N3O8/c23-10-3-1-9(2-4-10)7-20-18(27)30-8-12-11-5-6-21(19(28)29)15-13(11)22(16(15)24)14(12)17(25)26/h1-4,11,13,15,23H,5-8H2,(H,20,27)(H,25,26)(H,28,29)/t11?,13-,15+/m1/s1. The molecule has 3 amide bonds. The maximum Gasteiger partial charge on any atom is 0.408 e. The molecule has 11 heteroatoms. The lowest BCUT2D eigenvalue weighted by Crippen LogP contribution is -2.73. The summed E-state index contributed by atoms with van der Waals surface area (Å²) in [6.45, 7) is -0.0613. The van der Waals surface area contributed by atoms with E-state index in [1.807, 2.05) is 0 Å². The fourth-order valence-electron chi connectivity index (χ4n) is 4.38. The Bertz CT molecular complexity index is 957. The topological polar surface area (TPSA) is 157 Å². The minimum atomic E-state index is -1.32. The third-order valence-electron chi connectivity index (χ3n) is 5.71. The fraction of sp³-hybridized carbons (Fsp3) is 0.368. The number of amides is 3. The highest BCUT2D eigenvalue weighted by atomic mass is 16.5. The summed E-state index contributed by atoms with van der Waals surface area (Å²) in [4.78, 5) is 49.8. The normalized spacial score (nSPS) is 24.3. The third kappa shape index (κ3) is 3.08. The van der Waals surface area contributed by atoms with Crippen LogP contribution in [0.1, 0.15) is 12.0 Å². The van der Waals surface area contributed by atoms with Crippen LogP contribution in [-0.4, -0.2) is 74.4 Å². The minimum absolute atomic E-state index is 0.0992. The summed E-state index contributed by atoms with van der Waals surface area (Å²) in [5.41, 5.74) is 0.813. The van der Waals surface area contributed by atoms with Crippen molar-refractivity contribution in [3.05, 3.63) is 41.1 Å². The molecule has 0 radical (unpaired) electrons. The largest absolute Gasteiger partial charge is 0.508 e. The summed E-state index contributed by atoms with van der Waals surface area (Å²) in [6.07, 6.45) is -1.65. The first-order chi connectivity index (χ1) is 14.3. The molecule has 3 aliphatic heterocycles. The van der Waals surface area contributed by atoms with E-state index in [-0.39, 0.29) is 37.1 Å². The van der Waals surface area contributed by atoms with Crippen LogP contribution in [0.25, 0.3) is 0 Å². The first-order valence-corrected chi connectivity index (χ1v) is 9.27. The number of phenolic OH excluding ortho intramolecular Hbond substituents is 1.